The molecule has 12 nitrogen and oxygen atoms in total. The average molecular weight is 730 g/mol. The Hall–Kier alpha value is -3.91. The van der Waals surface area contributed by atoms with Crippen LogP contribution in [-0.2, 0) is 35.1 Å². The van der Waals surface area contributed by atoms with Crippen molar-refractivity contribution in [2.75, 3.05) is 20.7 Å². The molecule has 280 valence electrons. The predicted molar refractivity (Wildman–Crippen MR) is 190 cm³/mol. The summed E-state index contributed by atoms with van der Waals surface area (Å²) in [5, 5.41) is 11.1. The third kappa shape index (κ3) is 11.8. The van der Waals surface area contributed by atoms with Crippen LogP contribution in [0.4, 0.5) is 4.39 Å². The molecule has 2 aromatic rings. The van der Waals surface area contributed by atoms with Crippen molar-refractivity contribution in [3.8, 4) is 0 Å². The fraction of sp³-hybridized carbons (Fsp3) is 0.622. The molecule has 0 bridgehead atoms. The van der Waals surface area contributed by atoms with Gasteiger partial charge >= 0.3 is 11.9 Å². The number of benzene rings is 1. The molecule has 2 fully saturated rings. The van der Waals surface area contributed by atoms with Gasteiger partial charge in [-0.1, -0.05) is 39.3 Å². The molecule has 1 aliphatic carbocycles. The first kappa shape index (κ1) is 39.9. The van der Waals surface area contributed by atoms with Crippen LogP contribution in [0.5, 0.6) is 0 Å². The van der Waals surface area contributed by atoms with Gasteiger partial charge in [0.2, 0.25) is 11.8 Å². The number of ether oxygens (including phenoxy) is 2. The lowest BCUT2D eigenvalue weighted by molar-refractivity contribution is -0.148. The zero-order chi connectivity index (χ0) is 37.2. The number of rotatable bonds is 17. The summed E-state index contributed by atoms with van der Waals surface area (Å²) in [5.41, 5.74) is 0.885. The van der Waals surface area contributed by atoms with Crippen molar-refractivity contribution in [2.24, 2.45) is 17.8 Å². The third-order valence-corrected chi connectivity index (χ3v) is 10.6. The number of carbonyl (C=O) groups excluding carboxylic acids is 5. The van der Waals surface area contributed by atoms with Crippen LogP contribution in [0.1, 0.15) is 99.8 Å². The lowest BCUT2D eigenvalue weighted by Crippen LogP contribution is -2.56. The highest BCUT2D eigenvalue weighted by molar-refractivity contribution is 7.09. The Labute approximate surface area is 303 Å². The zero-order valence-electron chi connectivity index (χ0n) is 30.4. The molecule has 0 spiro atoms. The van der Waals surface area contributed by atoms with Crippen molar-refractivity contribution >= 4 is 41.0 Å². The lowest BCUT2D eigenvalue weighted by atomic mass is 9.96. The summed E-state index contributed by atoms with van der Waals surface area (Å²) in [4.78, 5) is 71.4. The minimum absolute atomic E-state index is 0.0567. The molecular weight excluding hydrogens is 678 g/mol. The maximum absolute atomic E-state index is 13.7. The van der Waals surface area contributed by atoms with E-state index in [0.717, 1.165) is 55.5 Å². The molecule has 14 heteroatoms. The van der Waals surface area contributed by atoms with Crippen LogP contribution in [0.15, 0.2) is 29.6 Å². The summed E-state index contributed by atoms with van der Waals surface area (Å²) in [6, 6.07) is 4.10. The van der Waals surface area contributed by atoms with E-state index in [1.807, 2.05) is 25.8 Å². The molecule has 1 unspecified atom stereocenters. The number of likely N-dealkylation sites (N-methyl/N-ethyl adjacent to an activating group) is 1. The van der Waals surface area contributed by atoms with E-state index in [2.05, 4.69) is 20.9 Å². The number of methoxy groups -OCH3 is 1. The number of amides is 3. The highest BCUT2D eigenvalue weighted by atomic mass is 32.1. The average Bonchev–Trinajstić information content (AvgIpc) is 3.81. The van der Waals surface area contributed by atoms with Crippen molar-refractivity contribution < 1.29 is 37.8 Å². The summed E-state index contributed by atoms with van der Waals surface area (Å²) in [6.07, 6.45) is 4.48. The highest BCUT2D eigenvalue weighted by Gasteiger charge is 2.40. The van der Waals surface area contributed by atoms with Gasteiger partial charge in [0.05, 0.1) is 19.1 Å². The summed E-state index contributed by atoms with van der Waals surface area (Å²) in [7, 11) is 3.24. The van der Waals surface area contributed by atoms with Gasteiger partial charge in [-0.2, -0.15) is 0 Å². The van der Waals surface area contributed by atoms with Crippen LogP contribution in [-0.4, -0.2) is 84.4 Å². The van der Waals surface area contributed by atoms with E-state index in [-0.39, 0.29) is 54.0 Å². The first-order chi connectivity index (χ1) is 24.2. The maximum atomic E-state index is 13.7. The Balaban J connectivity index is 1.46. The molecule has 1 aromatic carbocycles. The number of halogens is 1. The molecule has 0 radical (unpaired) electrons. The number of carbonyl (C=O) groups is 5. The number of hydrogen-bond acceptors (Lipinski definition) is 10. The lowest BCUT2D eigenvalue weighted by Gasteiger charge is -2.33. The van der Waals surface area contributed by atoms with E-state index >= 15 is 0 Å². The summed E-state index contributed by atoms with van der Waals surface area (Å²) in [5.74, 6) is -2.70. The Kier molecular flexibility index (Phi) is 14.5. The van der Waals surface area contributed by atoms with Crippen LogP contribution in [0.25, 0.3) is 0 Å². The van der Waals surface area contributed by atoms with E-state index in [9.17, 15) is 28.4 Å². The number of thiazole rings is 1. The maximum Gasteiger partial charge on any atom is 0.308 e. The smallest absolute Gasteiger partial charge is 0.308 e. The van der Waals surface area contributed by atoms with Crippen LogP contribution < -0.4 is 16.0 Å². The number of piperidine rings is 1. The topological polar surface area (TPSA) is 156 Å². The predicted octanol–water partition coefficient (Wildman–Crippen LogP) is 4.34. The minimum Gasteiger partial charge on any atom is -0.469 e. The molecule has 6 atom stereocenters. The molecule has 1 saturated carbocycles. The number of esters is 2. The number of likely N-dealkylation sites (tertiary alicyclic amines) is 1. The summed E-state index contributed by atoms with van der Waals surface area (Å²) >= 11 is 1.16. The molecule has 1 aromatic heterocycles. The van der Waals surface area contributed by atoms with Crippen molar-refractivity contribution in [2.45, 2.75) is 109 Å². The number of nitrogens with one attached hydrogen (secondary N) is 3. The van der Waals surface area contributed by atoms with Crippen LogP contribution in [0.2, 0.25) is 0 Å². The second kappa shape index (κ2) is 18.5. The van der Waals surface area contributed by atoms with E-state index in [4.69, 9.17) is 9.47 Å². The number of aromatic nitrogens is 1. The standard InChI is InChI=1S/C37H52FN5O7S/c1-21(2)28(40-35(47)32(25-12-13-25)42-34(46)30-9-7-8-16-43(30)5)19-31(50-23(4)44)36-41-29(20-51-36)33(45)39-27(17-22(3)37(48)49-6)18-24-10-14-26(38)15-11-24/h10-11,14-15,20-22,25,27-28,30-32H,7-9,12-13,16-19H2,1-6H3,(H,39,45)(H,40,47)(H,42,46)/t22-,27+,28?,30+,31+,32-/m0/s1. The van der Waals surface area contributed by atoms with E-state index in [1.165, 1.54) is 26.2 Å². The molecule has 3 N–H and O–H groups in total. The molecule has 2 aliphatic rings. The number of hydrogen-bond donors (Lipinski definition) is 3. The third-order valence-electron chi connectivity index (χ3n) is 9.66. The number of nitrogens with zero attached hydrogens (tertiary/aromatic N) is 2. The van der Waals surface area contributed by atoms with E-state index in [0.29, 0.717) is 11.4 Å². The Morgan fingerprint density at radius 3 is 2.31 bits per heavy atom. The molecule has 1 saturated heterocycles. The fourth-order valence-corrected chi connectivity index (χ4v) is 7.34. The summed E-state index contributed by atoms with van der Waals surface area (Å²) in [6.45, 7) is 7.75. The normalized spacial score (nSPS) is 19.3. The second-order valence-electron chi connectivity index (χ2n) is 14.2. The minimum atomic E-state index is -0.846. The van der Waals surface area contributed by atoms with Crippen LogP contribution in [0, 0.1) is 23.6 Å². The summed E-state index contributed by atoms with van der Waals surface area (Å²) < 4.78 is 24.1. The largest absolute Gasteiger partial charge is 0.469 e. The van der Waals surface area contributed by atoms with Gasteiger partial charge in [-0.15, -0.1) is 11.3 Å². The van der Waals surface area contributed by atoms with Gasteiger partial charge in [0, 0.05) is 30.8 Å². The van der Waals surface area contributed by atoms with Gasteiger partial charge in [-0.3, -0.25) is 28.9 Å². The van der Waals surface area contributed by atoms with Crippen molar-refractivity contribution in [1.29, 1.82) is 0 Å². The Morgan fingerprint density at radius 1 is 1.00 bits per heavy atom. The zero-order valence-corrected chi connectivity index (χ0v) is 31.2. The molecule has 4 rings (SSSR count). The van der Waals surface area contributed by atoms with Gasteiger partial charge in [-0.05, 0) is 81.6 Å². The van der Waals surface area contributed by atoms with Crippen molar-refractivity contribution in [3.05, 3.63) is 51.7 Å². The first-order valence-corrected chi connectivity index (χ1v) is 18.7. The van der Waals surface area contributed by atoms with E-state index in [1.54, 1.807) is 24.4 Å². The highest BCUT2D eigenvalue weighted by Crippen LogP contribution is 2.34. The quantitative estimate of drug-likeness (QED) is 0.202. The molecule has 3 amide bonds. The first-order valence-electron chi connectivity index (χ1n) is 17.8. The van der Waals surface area contributed by atoms with Gasteiger partial charge in [0.15, 0.2) is 6.10 Å². The Bertz CT molecular complexity index is 1510. The fourth-order valence-electron chi connectivity index (χ4n) is 6.51. The monoisotopic (exact) mass is 729 g/mol. The molecule has 51 heavy (non-hydrogen) atoms. The van der Waals surface area contributed by atoms with Crippen molar-refractivity contribution in [3.63, 3.8) is 0 Å². The second-order valence-corrected chi connectivity index (χ2v) is 15.1. The van der Waals surface area contributed by atoms with Gasteiger partial charge in [-0.25, -0.2) is 9.37 Å². The van der Waals surface area contributed by atoms with E-state index < -0.39 is 48.0 Å². The molecular formula is C37H52FN5O7S. The SMILES string of the molecule is COC(=O)[C@@H](C)C[C@H](Cc1ccc(F)cc1)NC(=O)c1csc([C@@H](CC(NC(=O)[C@@H](NC(=O)[C@H]2CCCCN2C)C2CC2)C(C)C)OC(C)=O)n1. The van der Waals surface area contributed by atoms with Gasteiger partial charge < -0.3 is 25.4 Å². The van der Waals surface area contributed by atoms with Gasteiger partial charge in [0.25, 0.3) is 5.91 Å². The van der Waals surface area contributed by atoms with Gasteiger partial charge in [0.1, 0.15) is 22.6 Å². The van der Waals surface area contributed by atoms with Crippen molar-refractivity contribution in [1.82, 2.24) is 25.8 Å². The Morgan fingerprint density at radius 2 is 1.71 bits per heavy atom. The van der Waals surface area contributed by atoms with Crippen LogP contribution >= 0.6 is 11.3 Å². The molecule has 1 aliphatic heterocycles. The van der Waals surface area contributed by atoms with Crippen LogP contribution in [0.3, 0.4) is 0 Å². The molecule has 2 heterocycles.